The van der Waals surface area contributed by atoms with Crippen molar-refractivity contribution in [2.45, 2.75) is 33.1 Å². The molecule has 0 aliphatic heterocycles. The van der Waals surface area contributed by atoms with Crippen LogP contribution < -0.4 is 0 Å². The SMILES string of the molecule is C=CCCCC.Cc1c(C(=O)O)cccc1C(=O)O. The van der Waals surface area contributed by atoms with E-state index in [1.807, 2.05) is 6.08 Å². The Hall–Kier alpha value is -2.10. The van der Waals surface area contributed by atoms with E-state index in [-0.39, 0.29) is 16.7 Å². The maximum atomic E-state index is 10.6. The highest BCUT2D eigenvalue weighted by Crippen LogP contribution is 2.13. The molecule has 0 saturated heterocycles. The lowest BCUT2D eigenvalue weighted by Crippen LogP contribution is -2.06. The van der Waals surface area contributed by atoms with E-state index in [1.165, 1.54) is 44.4 Å². The van der Waals surface area contributed by atoms with Crippen LogP contribution in [-0.4, -0.2) is 22.2 Å². The molecule has 0 atom stereocenters. The third-order valence-electron chi connectivity index (χ3n) is 2.56. The first kappa shape index (κ1) is 16.9. The summed E-state index contributed by atoms with van der Waals surface area (Å²) in [6.45, 7) is 7.26. The van der Waals surface area contributed by atoms with Crippen LogP contribution in [0.5, 0.6) is 0 Å². The molecule has 0 amide bonds. The third kappa shape index (κ3) is 5.86. The van der Waals surface area contributed by atoms with Crippen molar-refractivity contribution in [3.05, 3.63) is 47.5 Å². The number of carboxylic acid groups (broad SMARTS) is 2. The Morgan fingerprint density at radius 2 is 1.68 bits per heavy atom. The van der Waals surface area contributed by atoms with Gasteiger partial charge >= 0.3 is 11.9 Å². The van der Waals surface area contributed by atoms with Crippen molar-refractivity contribution in [1.29, 1.82) is 0 Å². The van der Waals surface area contributed by atoms with Gasteiger partial charge in [0.05, 0.1) is 11.1 Å². The number of unbranched alkanes of at least 4 members (excludes halogenated alkanes) is 2. The van der Waals surface area contributed by atoms with E-state index in [0.717, 1.165) is 0 Å². The number of hydrogen-bond donors (Lipinski definition) is 2. The summed E-state index contributed by atoms with van der Waals surface area (Å²) in [5, 5.41) is 17.4. The quantitative estimate of drug-likeness (QED) is 0.627. The van der Waals surface area contributed by atoms with Gasteiger partial charge in [-0.1, -0.05) is 31.9 Å². The number of carbonyl (C=O) groups is 2. The Morgan fingerprint density at radius 1 is 1.21 bits per heavy atom. The molecule has 104 valence electrons. The number of allylic oxidation sites excluding steroid dienone is 1. The van der Waals surface area contributed by atoms with Crippen molar-refractivity contribution >= 4 is 11.9 Å². The summed E-state index contributed by atoms with van der Waals surface area (Å²) in [6, 6.07) is 4.17. The standard InChI is InChI=1S/C9H8O4.C6H12/c1-5-6(8(10)11)3-2-4-7(5)9(12)13;1-3-5-6-4-2/h2-4H,1H3,(H,10,11)(H,12,13);3H,1,4-6H2,2H3. The second kappa shape index (κ2) is 8.91. The van der Waals surface area contributed by atoms with E-state index >= 15 is 0 Å². The zero-order valence-electron chi connectivity index (χ0n) is 11.3. The van der Waals surface area contributed by atoms with Gasteiger partial charge in [0.25, 0.3) is 0 Å². The van der Waals surface area contributed by atoms with Gasteiger partial charge in [-0.15, -0.1) is 6.58 Å². The van der Waals surface area contributed by atoms with Crippen LogP contribution in [0.2, 0.25) is 0 Å². The van der Waals surface area contributed by atoms with E-state index in [0.29, 0.717) is 0 Å². The predicted octanol–water partition coefficient (Wildman–Crippen LogP) is 3.75. The number of hydrogen-bond acceptors (Lipinski definition) is 2. The largest absolute Gasteiger partial charge is 0.478 e. The number of benzene rings is 1. The summed E-state index contributed by atoms with van der Waals surface area (Å²) in [5.41, 5.74) is 0.335. The molecule has 19 heavy (non-hydrogen) atoms. The molecule has 4 nitrogen and oxygen atoms in total. The normalized spacial score (nSPS) is 9.16. The summed E-state index contributed by atoms with van der Waals surface area (Å²) in [7, 11) is 0. The van der Waals surface area contributed by atoms with Crippen molar-refractivity contribution in [3.63, 3.8) is 0 Å². The Bertz CT molecular complexity index is 417. The molecule has 1 aromatic rings. The molecule has 1 aromatic carbocycles. The van der Waals surface area contributed by atoms with Gasteiger partial charge in [-0.3, -0.25) is 0 Å². The first-order valence-electron chi connectivity index (χ1n) is 6.12. The minimum Gasteiger partial charge on any atom is -0.478 e. The van der Waals surface area contributed by atoms with Crippen LogP contribution in [0, 0.1) is 6.92 Å². The fourth-order valence-corrected chi connectivity index (χ4v) is 1.45. The van der Waals surface area contributed by atoms with Crippen LogP contribution in [0.1, 0.15) is 52.5 Å². The number of carboxylic acids is 2. The summed E-state index contributed by atoms with van der Waals surface area (Å²) in [6.07, 6.45) is 5.72. The molecule has 0 bridgehead atoms. The van der Waals surface area contributed by atoms with Crippen molar-refractivity contribution in [2.24, 2.45) is 0 Å². The van der Waals surface area contributed by atoms with Crippen LogP contribution >= 0.6 is 0 Å². The molecule has 0 aromatic heterocycles. The van der Waals surface area contributed by atoms with E-state index < -0.39 is 11.9 Å². The van der Waals surface area contributed by atoms with Crippen LogP contribution in [0.25, 0.3) is 0 Å². The summed E-state index contributed by atoms with van der Waals surface area (Å²) >= 11 is 0. The van der Waals surface area contributed by atoms with Gasteiger partial charge in [0.2, 0.25) is 0 Å². The first-order valence-corrected chi connectivity index (χ1v) is 6.12. The number of rotatable bonds is 5. The van der Waals surface area contributed by atoms with E-state index in [1.54, 1.807) is 0 Å². The first-order chi connectivity index (χ1) is 8.95. The van der Waals surface area contributed by atoms with Crippen LogP contribution in [0.3, 0.4) is 0 Å². The molecule has 0 heterocycles. The van der Waals surface area contributed by atoms with E-state index in [4.69, 9.17) is 10.2 Å². The minimum absolute atomic E-state index is 0.0277. The summed E-state index contributed by atoms with van der Waals surface area (Å²) in [5.74, 6) is -2.22. The van der Waals surface area contributed by atoms with Gasteiger partial charge in [-0.2, -0.15) is 0 Å². The third-order valence-corrected chi connectivity index (χ3v) is 2.56. The molecule has 0 spiro atoms. The highest BCUT2D eigenvalue weighted by molar-refractivity contribution is 5.96. The molecule has 1 rings (SSSR count). The van der Waals surface area contributed by atoms with E-state index in [9.17, 15) is 9.59 Å². The van der Waals surface area contributed by atoms with Gasteiger partial charge in [-0.05, 0) is 31.0 Å². The van der Waals surface area contributed by atoms with Gasteiger partial charge < -0.3 is 10.2 Å². The summed E-state index contributed by atoms with van der Waals surface area (Å²) in [4.78, 5) is 21.2. The lowest BCUT2D eigenvalue weighted by atomic mass is 10.0. The Morgan fingerprint density at radius 3 is 1.95 bits per heavy atom. The van der Waals surface area contributed by atoms with Gasteiger partial charge in [0.1, 0.15) is 0 Å². The zero-order chi connectivity index (χ0) is 14.8. The van der Waals surface area contributed by atoms with Crippen LogP contribution in [-0.2, 0) is 0 Å². The smallest absolute Gasteiger partial charge is 0.335 e. The van der Waals surface area contributed by atoms with Gasteiger partial charge in [0, 0.05) is 0 Å². The maximum Gasteiger partial charge on any atom is 0.335 e. The van der Waals surface area contributed by atoms with Gasteiger partial charge in [0.15, 0.2) is 0 Å². The average Bonchev–Trinajstić information content (AvgIpc) is 2.36. The Labute approximate surface area is 113 Å². The lowest BCUT2D eigenvalue weighted by molar-refractivity contribution is 0.0696. The molecule has 4 heteroatoms. The fourth-order valence-electron chi connectivity index (χ4n) is 1.45. The topological polar surface area (TPSA) is 74.6 Å². The van der Waals surface area contributed by atoms with Gasteiger partial charge in [-0.25, -0.2) is 9.59 Å². The molecule has 0 unspecified atom stereocenters. The molecule has 2 N–H and O–H groups in total. The maximum absolute atomic E-state index is 10.6. The highest BCUT2D eigenvalue weighted by Gasteiger charge is 2.13. The second-order valence-corrected chi connectivity index (χ2v) is 4.02. The van der Waals surface area contributed by atoms with Crippen LogP contribution in [0.15, 0.2) is 30.9 Å². The fraction of sp³-hybridized carbons (Fsp3) is 0.333. The molecule has 0 fully saturated rings. The van der Waals surface area contributed by atoms with Crippen molar-refractivity contribution in [3.8, 4) is 0 Å². The molecular weight excluding hydrogens is 244 g/mol. The van der Waals surface area contributed by atoms with Crippen LogP contribution in [0.4, 0.5) is 0 Å². The zero-order valence-corrected chi connectivity index (χ0v) is 11.3. The highest BCUT2D eigenvalue weighted by atomic mass is 16.4. The predicted molar refractivity (Wildman–Crippen MR) is 74.8 cm³/mol. The minimum atomic E-state index is -1.11. The number of aromatic carboxylic acids is 2. The molecule has 0 saturated carbocycles. The Balaban J connectivity index is 0.000000459. The molecule has 0 aliphatic rings. The Kier molecular flexibility index (Phi) is 7.93. The molecule has 0 aliphatic carbocycles. The second-order valence-electron chi connectivity index (χ2n) is 4.02. The molecular formula is C15H20O4. The van der Waals surface area contributed by atoms with Crippen molar-refractivity contribution in [2.75, 3.05) is 0 Å². The lowest BCUT2D eigenvalue weighted by Gasteiger charge is -2.03. The van der Waals surface area contributed by atoms with E-state index in [2.05, 4.69) is 13.5 Å². The summed E-state index contributed by atoms with van der Waals surface area (Å²) < 4.78 is 0. The monoisotopic (exact) mass is 264 g/mol. The van der Waals surface area contributed by atoms with Crippen molar-refractivity contribution in [1.82, 2.24) is 0 Å². The molecule has 0 radical (unpaired) electrons. The van der Waals surface area contributed by atoms with Crippen molar-refractivity contribution < 1.29 is 19.8 Å². The average molecular weight is 264 g/mol.